The van der Waals surface area contributed by atoms with Crippen molar-refractivity contribution in [3.8, 4) is 0 Å². The van der Waals surface area contributed by atoms with Crippen LogP contribution in [0.1, 0.15) is 44.9 Å². The topological polar surface area (TPSA) is 32.8 Å². The molecule has 114 valence electrons. The third kappa shape index (κ3) is 2.73. The zero-order valence-corrected chi connectivity index (χ0v) is 12.8. The average Bonchev–Trinajstić information content (AvgIpc) is 3.03. The molecule has 1 amide bonds. The number of carbonyl (C=O) groups is 1. The molecule has 3 aliphatic rings. The highest BCUT2D eigenvalue weighted by atomic mass is 16.5. The molecule has 0 aromatic rings. The Morgan fingerprint density at radius 3 is 2.80 bits per heavy atom. The molecule has 0 bridgehead atoms. The van der Waals surface area contributed by atoms with Crippen LogP contribution in [0.5, 0.6) is 0 Å². The van der Waals surface area contributed by atoms with Crippen LogP contribution in [0.2, 0.25) is 0 Å². The van der Waals surface area contributed by atoms with Crippen molar-refractivity contribution in [1.82, 2.24) is 9.80 Å². The molecule has 2 atom stereocenters. The summed E-state index contributed by atoms with van der Waals surface area (Å²) in [6.07, 6.45) is 8.75. The van der Waals surface area contributed by atoms with E-state index in [2.05, 4.69) is 4.90 Å². The Morgan fingerprint density at radius 1 is 1.20 bits per heavy atom. The Bertz CT molecular complexity index is 360. The zero-order chi connectivity index (χ0) is 14.0. The molecule has 0 radical (unpaired) electrons. The van der Waals surface area contributed by atoms with Gasteiger partial charge in [0.05, 0.1) is 6.10 Å². The summed E-state index contributed by atoms with van der Waals surface area (Å²) in [6.45, 7) is 5.31. The minimum atomic E-state index is 0.354. The summed E-state index contributed by atoms with van der Waals surface area (Å²) in [5.74, 6) is 0.354. The molecule has 2 heterocycles. The van der Waals surface area contributed by atoms with Gasteiger partial charge in [-0.2, -0.15) is 0 Å². The Kier molecular flexibility index (Phi) is 4.32. The minimum Gasteiger partial charge on any atom is -0.381 e. The van der Waals surface area contributed by atoms with Gasteiger partial charge in [0.25, 0.3) is 0 Å². The maximum absolute atomic E-state index is 11.7. The summed E-state index contributed by atoms with van der Waals surface area (Å²) < 4.78 is 5.76. The lowest BCUT2D eigenvalue weighted by Crippen LogP contribution is -2.49. The van der Waals surface area contributed by atoms with E-state index in [0.717, 1.165) is 32.5 Å². The largest absolute Gasteiger partial charge is 0.381 e. The third-order valence-electron chi connectivity index (χ3n) is 5.65. The van der Waals surface area contributed by atoms with Gasteiger partial charge >= 0.3 is 0 Å². The molecular weight excluding hydrogens is 252 g/mol. The second-order valence-electron chi connectivity index (χ2n) is 6.84. The fourth-order valence-corrected chi connectivity index (χ4v) is 4.59. The molecule has 0 aromatic heterocycles. The fourth-order valence-electron chi connectivity index (χ4n) is 4.59. The number of piperidine rings is 1. The van der Waals surface area contributed by atoms with E-state index in [9.17, 15) is 4.79 Å². The summed E-state index contributed by atoms with van der Waals surface area (Å²) in [6, 6.07) is 0. The van der Waals surface area contributed by atoms with E-state index in [4.69, 9.17) is 4.74 Å². The first-order valence-corrected chi connectivity index (χ1v) is 8.26. The van der Waals surface area contributed by atoms with Crippen molar-refractivity contribution in [3.63, 3.8) is 0 Å². The first-order chi connectivity index (χ1) is 9.73. The van der Waals surface area contributed by atoms with Crippen LogP contribution in [0.15, 0.2) is 0 Å². The molecule has 0 unspecified atom stereocenters. The van der Waals surface area contributed by atoms with Crippen molar-refractivity contribution in [2.24, 2.45) is 5.41 Å². The van der Waals surface area contributed by atoms with Crippen LogP contribution < -0.4 is 0 Å². The molecule has 2 aliphatic heterocycles. The number of hydrogen-bond donors (Lipinski definition) is 0. The Balaban J connectivity index is 1.54. The third-order valence-corrected chi connectivity index (χ3v) is 5.65. The van der Waals surface area contributed by atoms with Gasteiger partial charge in [-0.3, -0.25) is 4.79 Å². The smallest absolute Gasteiger partial charge is 0.222 e. The van der Waals surface area contributed by atoms with Crippen LogP contribution in [0, 0.1) is 5.41 Å². The Hall–Kier alpha value is -0.610. The summed E-state index contributed by atoms with van der Waals surface area (Å²) >= 11 is 0. The number of hydrogen-bond acceptors (Lipinski definition) is 3. The molecule has 4 heteroatoms. The molecular formula is C16H28N2O2. The van der Waals surface area contributed by atoms with Gasteiger partial charge in [0.1, 0.15) is 0 Å². The summed E-state index contributed by atoms with van der Waals surface area (Å²) in [4.78, 5) is 16.3. The molecule has 1 saturated carbocycles. The van der Waals surface area contributed by atoms with Crippen molar-refractivity contribution in [2.45, 2.75) is 51.0 Å². The highest BCUT2D eigenvalue weighted by Gasteiger charge is 2.45. The molecule has 3 rings (SSSR count). The molecule has 1 spiro atoms. The number of rotatable bonds is 4. The van der Waals surface area contributed by atoms with Crippen LogP contribution in [-0.2, 0) is 9.53 Å². The lowest BCUT2D eigenvalue weighted by Gasteiger charge is -2.44. The van der Waals surface area contributed by atoms with Gasteiger partial charge in [0.2, 0.25) is 5.91 Å². The number of nitrogens with zero attached hydrogens (tertiary/aromatic N) is 2. The number of methoxy groups -OCH3 is 1. The number of ether oxygens (including phenoxy) is 1. The van der Waals surface area contributed by atoms with E-state index in [1.807, 2.05) is 12.0 Å². The Morgan fingerprint density at radius 2 is 2.05 bits per heavy atom. The van der Waals surface area contributed by atoms with Gasteiger partial charge < -0.3 is 14.5 Å². The second-order valence-corrected chi connectivity index (χ2v) is 6.84. The Labute approximate surface area is 122 Å². The predicted octanol–water partition coefficient (Wildman–Crippen LogP) is 1.89. The predicted molar refractivity (Wildman–Crippen MR) is 78.6 cm³/mol. The highest BCUT2D eigenvalue weighted by Crippen LogP contribution is 2.46. The fraction of sp³-hybridized carbons (Fsp3) is 0.938. The minimum absolute atomic E-state index is 0.354. The summed E-state index contributed by atoms with van der Waals surface area (Å²) in [5, 5.41) is 0. The maximum Gasteiger partial charge on any atom is 0.222 e. The number of amides is 1. The summed E-state index contributed by atoms with van der Waals surface area (Å²) in [7, 11) is 1.87. The number of likely N-dealkylation sites (tertiary alicyclic amines) is 2. The SMILES string of the molecule is CO[C@@H]1CCC[C@@]12CCCN(CCN1CCCC1=O)C2. The van der Waals surface area contributed by atoms with E-state index < -0.39 is 0 Å². The van der Waals surface area contributed by atoms with E-state index in [0.29, 0.717) is 17.4 Å². The molecule has 0 N–H and O–H groups in total. The van der Waals surface area contributed by atoms with Crippen LogP contribution in [0.4, 0.5) is 0 Å². The monoisotopic (exact) mass is 280 g/mol. The molecule has 3 fully saturated rings. The lowest BCUT2D eigenvalue weighted by atomic mass is 9.76. The first-order valence-electron chi connectivity index (χ1n) is 8.26. The standard InChI is InChI=1S/C16H28N2O2/c1-20-14-5-2-7-16(14)8-4-9-17(13-16)11-12-18-10-3-6-15(18)19/h14H,2-13H2,1H3/t14-,16+/m1/s1. The van der Waals surface area contributed by atoms with Crippen molar-refractivity contribution in [3.05, 3.63) is 0 Å². The zero-order valence-electron chi connectivity index (χ0n) is 12.8. The van der Waals surface area contributed by atoms with Crippen molar-refractivity contribution >= 4 is 5.91 Å². The molecule has 0 aromatic carbocycles. The highest BCUT2D eigenvalue weighted by molar-refractivity contribution is 5.78. The van der Waals surface area contributed by atoms with E-state index >= 15 is 0 Å². The van der Waals surface area contributed by atoms with Crippen LogP contribution in [-0.4, -0.2) is 61.6 Å². The maximum atomic E-state index is 11.7. The van der Waals surface area contributed by atoms with Crippen LogP contribution in [0.3, 0.4) is 0 Å². The normalized spacial score (nSPS) is 35.4. The van der Waals surface area contributed by atoms with E-state index in [-0.39, 0.29) is 0 Å². The van der Waals surface area contributed by atoms with Gasteiger partial charge in [0.15, 0.2) is 0 Å². The van der Waals surface area contributed by atoms with Gasteiger partial charge in [-0.25, -0.2) is 0 Å². The molecule has 4 nitrogen and oxygen atoms in total. The molecule has 2 saturated heterocycles. The lowest BCUT2D eigenvalue weighted by molar-refractivity contribution is -0.128. The van der Waals surface area contributed by atoms with Crippen molar-refractivity contribution in [1.29, 1.82) is 0 Å². The average molecular weight is 280 g/mol. The second kappa shape index (κ2) is 6.02. The van der Waals surface area contributed by atoms with Gasteiger partial charge in [-0.1, -0.05) is 6.42 Å². The van der Waals surface area contributed by atoms with Crippen LogP contribution in [0.25, 0.3) is 0 Å². The van der Waals surface area contributed by atoms with Gasteiger partial charge in [-0.15, -0.1) is 0 Å². The quantitative estimate of drug-likeness (QED) is 0.788. The first kappa shape index (κ1) is 14.3. The van der Waals surface area contributed by atoms with Crippen molar-refractivity contribution < 1.29 is 9.53 Å². The van der Waals surface area contributed by atoms with Gasteiger partial charge in [0, 0.05) is 45.1 Å². The molecule has 1 aliphatic carbocycles. The van der Waals surface area contributed by atoms with Crippen LogP contribution >= 0.6 is 0 Å². The number of carbonyl (C=O) groups excluding carboxylic acids is 1. The van der Waals surface area contributed by atoms with E-state index in [1.54, 1.807) is 0 Å². The van der Waals surface area contributed by atoms with Gasteiger partial charge in [-0.05, 0) is 38.6 Å². The van der Waals surface area contributed by atoms with Crippen molar-refractivity contribution in [2.75, 3.05) is 39.8 Å². The van der Waals surface area contributed by atoms with E-state index in [1.165, 1.54) is 45.2 Å². The molecule has 20 heavy (non-hydrogen) atoms. The summed E-state index contributed by atoms with van der Waals surface area (Å²) in [5.41, 5.74) is 0.405.